The minimum atomic E-state index is -0.965. The van der Waals surface area contributed by atoms with Gasteiger partial charge in [0.25, 0.3) is 5.91 Å². The number of esters is 1. The van der Waals surface area contributed by atoms with Gasteiger partial charge >= 0.3 is 5.97 Å². The highest BCUT2D eigenvalue weighted by molar-refractivity contribution is 7.14. The molecule has 1 heterocycles. The second-order valence-corrected chi connectivity index (χ2v) is 5.95. The number of aryl methyl sites for hydroxylation is 1. The van der Waals surface area contributed by atoms with Crippen LogP contribution in [0.15, 0.2) is 41.8 Å². The monoisotopic (exact) mass is 340 g/mol. The highest BCUT2D eigenvalue weighted by Gasteiger charge is 2.18. The van der Waals surface area contributed by atoms with E-state index in [9.17, 15) is 9.59 Å². The van der Waals surface area contributed by atoms with Crippen LogP contribution in [0.3, 0.4) is 0 Å². The molecule has 0 radical (unpaired) electrons. The first kappa shape index (κ1) is 17.4. The van der Waals surface area contributed by atoms with Crippen LogP contribution >= 0.6 is 11.3 Å². The van der Waals surface area contributed by atoms with Gasteiger partial charge in [-0.15, -0.1) is 11.3 Å². The maximum absolute atomic E-state index is 12.0. The third-order valence-electron chi connectivity index (χ3n) is 3.27. The number of amides is 1. The van der Waals surface area contributed by atoms with Crippen LogP contribution in [0.5, 0.6) is 0 Å². The Labute approximate surface area is 144 Å². The minimum absolute atomic E-state index is 0.381. The number of anilines is 1. The van der Waals surface area contributed by atoms with Crippen molar-refractivity contribution in [3.8, 4) is 6.07 Å². The maximum atomic E-state index is 12.0. The number of benzene rings is 1. The third-order valence-corrected chi connectivity index (χ3v) is 4.10. The van der Waals surface area contributed by atoms with Crippen molar-refractivity contribution >= 4 is 34.3 Å². The second kappa shape index (κ2) is 8.09. The van der Waals surface area contributed by atoms with E-state index in [2.05, 4.69) is 5.32 Å². The van der Waals surface area contributed by atoms with Crippen LogP contribution < -0.4 is 5.32 Å². The molecule has 0 aliphatic carbocycles. The number of nitriles is 1. The molecule has 0 bridgehead atoms. The molecule has 5 nitrogen and oxygen atoms in total. The van der Waals surface area contributed by atoms with E-state index in [4.69, 9.17) is 10.00 Å². The Bertz CT molecular complexity index is 818. The summed E-state index contributed by atoms with van der Waals surface area (Å²) in [7, 11) is 0. The van der Waals surface area contributed by atoms with Gasteiger partial charge in [0.05, 0.1) is 5.56 Å². The van der Waals surface area contributed by atoms with Crippen molar-refractivity contribution in [1.82, 2.24) is 0 Å². The predicted octanol–water partition coefficient (Wildman–Crippen LogP) is 3.51. The zero-order valence-electron chi connectivity index (χ0n) is 13.3. The molecule has 0 saturated carbocycles. The predicted molar refractivity (Wildman–Crippen MR) is 93.4 cm³/mol. The Morgan fingerprint density at radius 2 is 2.08 bits per heavy atom. The van der Waals surface area contributed by atoms with Gasteiger partial charge in [-0.3, -0.25) is 4.79 Å². The van der Waals surface area contributed by atoms with E-state index in [1.807, 2.05) is 37.3 Å². The van der Waals surface area contributed by atoms with Crippen LogP contribution in [0.1, 0.15) is 23.6 Å². The average molecular weight is 340 g/mol. The number of carbonyl (C=O) groups is 2. The van der Waals surface area contributed by atoms with Crippen molar-refractivity contribution in [1.29, 1.82) is 5.26 Å². The first-order valence-electron chi connectivity index (χ1n) is 7.24. The summed E-state index contributed by atoms with van der Waals surface area (Å²) >= 11 is 1.24. The number of hydrogen-bond donors (Lipinski definition) is 1. The van der Waals surface area contributed by atoms with E-state index in [0.717, 1.165) is 11.1 Å². The Balaban J connectivity index is 1.93. The summed E-state index contributed by atoms with van der Waals surface area (Å²) in [5.41, 5.74) is 2.32. The van der Waals surface area contributed by atoms with Gasteiger partial charge in [-0.25, -0.2) is 4.79 Å². The summed E-state index contributed by atoms with van der Waals surface area (Å²) in [6.45, 7) is 3.42. The molecule has 122 valence electrons. The lowest BCUT2D eigenvalue weighted by atomic mass is 10.1. The molecule has 1 amide bonds. The molecule has 1 aromatic heterocycles. The molecule has 1 N–H and O–H groups in total. The number of carbonyl (C=O) groups excluding carboxylic acids is 2. The lowest BCUT2D eigenvalue weighted by Crippen LogP contribution is -2.29. The standard InChI is InChI=1S/C18H16N2O3S/c1-12-5-3-4-6-14(12)7-8-16(21)23-13(2)17(22)20-18-15(11-19)9-10-24-18/h3-10,13H,1-2H3,(H,20,22)/b8-7+/t13-/m0/s1. The van der Waals surface area contributed by atoms with Crippen molar-refractivity contribution in [3.63, 3.8) is 0 Å². The fraction of sp³-hybridized carbons (Fsp3) is 0.167. The SMILES string of the molecule is Cc1ccccc1/C=C/C(=O)O[C@@H](C)C(=O)Nc1sccc1C#N. The van der Waals surface area contributed by atoms with E-state index < -0.39 is 18.0 Å². The molecule has 0 unspecified atom stereocenters. The molecular formula is C18H16N2O3S. The summed E-state index contributed by atoms with van der Waals surface area (Å²) in [5, 5.41) is 13.7. The topological polar surface area (TPSA) is 79.2 Å². The maximum Gasteiger partial charge on any atom is 0.331 e. The van der Waals surface area contributed by atoms with E-state index >= 15 is 0 Å². The molecule has 0 spiro atoms. The second-order valence-electron chi connectivity index (χ2n) is 5.03. The van der Waals surface area contributed by atoms with Gasteiger partial charge in [0.2, 0.25) is 0 Å². The van der Waals surface area contributed by atoms with Crippen molar-refractivity contribution < 1.29 is 14.3 Å². The van der Waals surface area contributed by atoms with E-state index in [1.54, 1.807) is 17.5 Å². The first-order valence-corrected chi connectivity index (χ1v) is 8.12. The lowest BCUT2D eigenvalue weighted by molar-refractivity contribution is -0.148. The normalized spacial score (nSPS) is 11.7. The Hall–Kier alpha value is -2.91. The van der Waals surface area contributed by atoms with E-state index in [-0.39, 0.29) is 0 Å². The van der Waals surface area contributed by atoms with Gasteiger partial charge in [-0.2, -0.15) is 5.26 Å². The Kier molecular flexibility index (Phi) is 5.88. The number of rotatable bonds is 5. The summed E-state index contributed by atoms with van der Waals surface area (Å²) < 4.78 is 5.08. The quantitative estimate of drug-likeness (QED) is 0.667. The van der Waals surface area contributed by atoms with Crippen LogP contribution in [0.25, 0.3) is 6.08 Å². The van der Waals surface area contributed by atoms with Crippen LogP contribution in [0.2, 0.25) is 0 Å². The zero-order chi connectivity index (χ0) is 17.5. The fourth-order valence-electron chi connectivity index (χ4n) is 1.91. The number of ether oxygens (including phenoxy) is 1. The van der Waals surface area contributed by atoms with Crippen LogP contribution in [0.4, 0.5) is 5.00 Å². The number of thiophene rings is 1. The zero-order valence-corrected chi connectivity index (χ0v) is 14.1. The number of nitrogens with one attached hydrogen (secondary N) is 1. The van der Waals surface area contributed by atoms with Crippen LogP contribution in [-0.4, -0.2) is 18.0 Å². The van der Waals surface area contributed by atoms with Gasteiger partial charge in [0, 0.05) is 6.08 Å². The van der Waals surface area contributed by atoms with Crippen molar-refractivity contribution in [2.45, 2.75) is 20.0 Å². The average Bonchev–Trinajstić information content (AvgIpc) is 3.01. The highest BCUT2D eigenvalue weighted by atomic mass is 32.1. The smallest absolute Gasteiger partial charge is 0.331 e. The van der Waals surface area contributed by atoms with Gasteiger partial charge in [0.15, 0.2) is 6.10 Å². The molecule has 6 heteroatoms. The van der Waals surface area contributed by atoms with Gasteiger partial charge in [-0.1, -0.05) is 24.3 Å². The Morgan fingerprint density at radius 1 is 1.33 bits per heavy atom. The van der Waals surface area contributed by atoms with Crippen molar-refractivity contribution in [2.75, 3.05) is 5.32 Å². The van der Waals surface area contributed by atoms with E-state index in [1.165, 1.54) is 24.3 Å². The van der Waals surface area contributed by atoms with Crippen molar-refractivity contribution in [2.24, 2.45) is 0 Å². The van der Waals surface area contributed by atoms with Crippen LogP contribution in [-0.2, 0) is 14.3 Å². The first-order chi connectivity index (χ1) is 11.5. The number of nitrogens with zero attached hydrogens (tertiary/aromatic N) is 1. The summed E-state index contributed by atoms with van der Waals surface area (Å²) in [5.74, 6) is -1.08. The Morgan fingerprint density at radius 3 is 2.79 bits per heavy atom. The number of hydrogen-bond acceptors (Lipinski definition) is 5. The van der Waals surface area contributed by atoms with Gasteiger partial charge in [0.1, 0.15) is 11.1 Å². The summed E-state index contributed by atoms with van der Waals surface area (Å²) in [4.78, 5) is 23.9. The molecule has 0 aliphatic rings. The highest BCUT2D eigenvalue weighted by Crippen LogP contribution is 2.22. The minimum Gasteiger partial charge on any atom is -0.449 e. The molecule has 2 aromatic rings. The molecule has 24 heavy (non-hydrogen) atoms. The summed E-state index contributed by atoms with van der Waals surface area (Å²) in [6, 6.07) is 11.2. The van der Waals surface area contributed by atoms with Gasteiger partial charge in [-0.05, 0) is 42.5 Å². The molecule has 0 fully saturated rings. The fourth-order valence-corrected chi connectivity index (χ4v) is 2.65. The largest absolute Gasteiger partial charge is 0.449 e. The molecule has 0 aliphatic heterocycles. The molecule has 0 saturated heterocycles. The van der Waals surface area contributed by atoms with Crippen LogP contribution in [0, 0.1) is 18.3 Å². The molecule has 1 aromatic carbocycles. The van der Waals surface area contributed by atoms with Crippen molar-refractivity contribution in [3.05, 3.63) is 58.5 Å². The molecule has 1 atom stereocenters. The third kappa shape index (κ3) is 4.54. The summed E-state index contributed by atoms with van der Waals surface area (Å²) in [6.07, 6.45) is 1.97. The lowest BCUT2D eigenvalue weighted by Gasteiger charge is -2.11. The van der Waals surface area contributed by atoms with E-state index in [0.29, 0.717) is 10.6 Å². The van der Waals surface area contributed by atoms with Gasteiger partial charge < -0.3 is 10.1 Å². The molecular weight excluding hydrogens is 324 g/mol. The molecule has 2 rings (SSSR count).